The molecule has 0 aliphatic carbocycles. The number of nitrogens with zero attached hydrogens (tertiary/aromatic N) is 1. The van der Waals surface area contributed by atoms with Crippen LogP contribution >= 0.6 is 46.3 Å². The van der Waals surface area contributed by atoms with Crippen LogP contribution in [0.4, 0.5) is 15.2 Å². The van der Waals surface area contributed by atoms with Crippen molar-refractivity contribution in [1.82, 2.24) is 10.3 Å². The number of amides is 3. The first-order valence-electron chi connectivity index (χ1n) is 15.4. The van der Waals surface area contributed by atoms with Crippen LogP contribution in [0.2, 0.25) is 10.0 Å². The largest absolute Gasteiger partial charge is 0.321 e. The number of carbonyl (C=O) groups excluding carboxylic acids is 3. The summed E-state index contributed by atoms with van der Waals surface area (Å²) in [5.74, 6) is -1.67. The number of carbonyl (C=O) groups is 3. The smallest absolute Gasteiger partial charge is 0.272 e. The standard InChI is InChI=1S/C39H27Cl2FN4O3S2/c40-31-13-7-12-27(34(31)41)22-32(44-36(47)26-10-5-2-6-11-26)37(48)43-29-18-20-30(21-19-29)51-35(25-8-3-1-4-9-25)38(49)46-39-45-33(23-50-39)24-14-16-28(42)17-15-24/h1-23,35H,(H,43,48)(H,44,47)(H,45,46,49)/b32-22-. The second-order valence-electron chi connectivity index (χ2n) is 10.9. The number of halogens is 3. The molecule has 0 bridgehead atoms. The Balaban J connectivity index is 1.18. The average Bonchev–Trinajstić information content (AvgIpc) is 3.62. The summed E-state index contributed by atoms with van der Waals surface area (Å²) in [5.41, 5.74) is 3.39. The van der Waals surface area contributed by atoms with Crippen LogP contribution < -0.4 is 16.0 Å². The van der Waals surface area contributed by atoms with Gasteiger partial charge in [-0.15, -0.1) is 23.1 Å². The van der Waals surface area contributed by atoms with E-state index < -0.39 is 17.1 Å². The molecular formula is C39H27Cl2FN4O3S2. The number of thiazole rings is 1. The van der Waals surface area contributed by atoms with E-state index in [0.717, 1.165) is 16.0 Å². The number of rotatable bonds is 11. The number of benzene rings is 5. The van der Waals surface area contributed by atoms with Gasteiger partial charge in [-0.2, -0.15) is 0 Å². The van der Waals surface area contributed by atoms with Crippen molar-refractivity contribution in [2.75, 3.05) is 10.6 Å². The third-order valence-corrected chi connectivity index (χ3v) is 10.2. The number of hydrogen-bond donors (Lipinski definition) is 3. The first-order valence-corrected chi connectivity index (χ1v) is 17.9. The van der Waals surface area contributed by atoms with Gasteiger partial charge in [0.05, 0.1) is 15.7 Å². The van der Waals surface area contributed by atoms with Gasteiger partial charge in [0.15, 0.2) is 5.13 Å². The second kappa shape index (κ2) is 16.6. The zero-order chi connectivity index (χ0) is 35.7. The summed E-state index contributed by atoms with van der Waals surface area (Å²) >= 11 is 15.2. The van der Waals surface area contributed by atoms with Gasteiger partial charge in [0, 0.05) is 27.1 Å². The highest BCUT2D eigenvalue weighted by molar-refractivity contribution is 8.00. The van der Waals surface area contributed by atoms with E-state index >= 15 is 0 Å². The Hall–Kier alpha value is -5.26. The van der Waals surface area contributed by atoms with Gasteiger partial charge in [-0.1, -0.05) is 83.9 Å². The van der Waals surface area contributed by atoms with Crippen molar-refractivity contribution in [2.24, 2.45) is 0 Å². The van der Waals surface area contributed by atoms with Crippen LogP contribution in [0.5, 0.6) is 0 Å². The number of aromatic nitrogens is 1. The van der Waals surface area contributed by atoms with Crippen LogP contribution in [0.25, 0.3) is 17.3 Å². The second-order valence-corrected chi connectivity index (χ2v) is 13.8. The fourth-order valence-corrected chi connectivity index (χ4v) is 6.95. The van der Waals surface area contributed by atoms with Crippen LogP contribution in [0.15, 0.2) is 143 Å². The van der Waals surface area contributed by atoms with Crippen molar-refractivity contribution < 1.29 is 18.8 Å². The topological polar surface area (TPSA) is 100 Å². The molecule has 0 aliphatic rings. The maximum atomic E-state index is 13.7. The summed E-state index contributed by atoms with van der Waals surface area (Å²) in [4.78, 5) is 45.5. The molecule has 6 rings (SSSR count). The molecule has 1 heterocycles. The van der Waals surface area contributed by atoms with Crippen molar-refractivity contribution in [3.05, 3.63) is 171 Å². The van der Waals surface area contributed by atoms with E-state index in [1.807, 2.05) is 30.3 Å². The van der Waals surface area contributed by atoms with Gasteiger partial charge in [0.1, 0.15) is 16.8 Å². The van der Waals surface area contributed by atoms with Crippen LogP contribution in [0, 0.1) is 5.82 Å². The quantitative estimate of drug-likeness (QED) is 0.0904. The third-order valence-electron chi connectivity index (χ3n) is 7.39. The minimum atomic E-state index is -0.630. The lowest BCUT2D eigenvalue weighted by molar-refractivity contribution is -0.116. The minimum Gasteiger partial charge on any atom is -0.321 e. The Kier molecular flexibility index (Phi) is 11.6. The van der Waals surface area contributed by atoms with Gasteiger partial charge in [-0.25, -0.2) is 9.37 Å². The highest BCUT2D eigenvalue weighted by atomic mass is 35.5. The van der Waals surface area contributed by atoms with Crippen LogP contribution in [-0.4, -0.2) is 22.7 Å². The van der Waals surface area contributed by atoms with E-state index in [1.54, 1.807) is 90.3 Å². The summed E-state index contributed by atoms with van der Waals surface area (Å²) in [5, 5.41) is 10.6. The van der Waals surface area contributed by atoms with E-state index in [4.69, 9.17) is 23.2 Å². The molecule has 0 radical (unpaired) electrons. The van der Waals surface area contributed by atoms with Gasteiger partial charge < -0.3 is 16.0 Å². The monoisotopic (exact) mass is 752 g/mol. The summed E-state index contributed by atoms with van der Waals surface area (Å²) < 4.78 is 13.4. The molecule has 5 aromatic carbocycles. The predicted octanol–water partition coefficient (Wildman–Crippen LogP) is 10.1. The van der Waals surface area contributed by atoms with Crippen molar-refractivity contribution in [1.29, 1.82) is 0 Å². The summed E-state index contributed by atoms with van der Waals surface area (Å²) in [6, 6.07) is 35.9. The Morgan fingerprint density at radius 2 is 1.47 bits per heavy atom. The lowest BCUT2D eigenvalue weighted by Gasteiger charge is -2.17. The fourth-order valence-electron chi connectivity index (χ4n) is 4.84. The number of nitrogens with one attached hydrogen (secondary N) is 3. The lowest BCUT2D eigenvalue weighted by atomic mass is 10.1. The molecular weight excluding hydrogens is 726 g/mol. The molecule has 51 heavy (non-hydrogen) atoms. The lowest BCUT2D eigenvalue weighted by Crippen LogP contribution is -2.30. The van der Waals surface area contributed by atoms with Gasteiger partial charge >= 0.3 is 0 Å². The van der Waals surface area contributed by atoms with E-state index in [2.05, 4.69) is 20.9 Å². The molecule has 3 N–H and O–H groups in total. The van der Waals surface area contributed by atoms with Crippen molar-refractivity contribution in [2.45, 2.75) is 10.1 Å². The van der Waals surface area contributed by atoms with Crippen molar-refractivity contribution >= 4 is 80.9 Å². The Morgan fingerprint density at radius 1 is 0.784 bits per heavy atom. The summed E-state index contributed by atoms with van der Waals surface area (Å²) in [6.07, 6.45) is 1.46. The van der Waals surface area contributed by atoms with Crippen LogP contribution in [-0.2, 0) is 9.59 Å². The molecule has 7 nitrogen and oxygen atoms in total. The van der Waals surface area contributed by atoms with Crippen molar-refractivity contribution in [3.63, 3.8) is 0 Å². The average molecular weight is 754 g/mol. The van der Waals surface area contributed by atoms with Crippen LogP contribution in [0.1, 0.15) is 26.7 Å². The first-order chi connectivity index (χ1) is 24.7. The first kappa shape index (κ1) is 35.6. The maximum absolute atomic E-state index is 13.7. The predicted molar refractivity (Wildman–Crippen MR) is 205 cm³/mol. The fraction of sp³-hybridized carbons (Fsp3) is 0.0256. The highest BCUT2D eigenvalue weighted by Gasteiger charge is 2.24. The SMILES string of the molecule is O=C(Nc1ccc(SC(C(=O)Nc2nc(-c3ccc(F)cc3)cs2)c2ccccc2)cc1)/C(=C/c1cccc(Cl)c1Cl)NC(=O)c1ccccc1. The van der Waals surface area contributed by atoms with Crippen molar-refractivity contribution in [3.8, 4) is 11.3 Å². The molecule has 254 valence electrons. The number of anilines is 2. The van der Waals surface area contributed by atoms with Gasteiger partial charge in [-0.05, 0) is 83.9 Å². The molecule has 1 unspecified atom stereocenters. The third kappa shape index (κ3) is 9.30. The van der Waals surface area contributed by atoms with Crippen LogP contribution in [0.3, 0.4) is 0 Å². The molecule has 6 aromatic rings. The van der Waals surface area contributed by atoms with E-state index in [9.17, 15) is 18.8 Å². The molecule has 3 amide bonds. The summed E-state index contributed by atoms with van der Waals surface area (Å²) in [7, 11) is 0. The zero-order valence-corrected chi connectivity index (χ0v) is 29.6. The highest BCUT2D eigenvalue weighted by Crippen LogP contribution is 2.37. The molecule has 0 spiro atoms. The Morgan fingerprint density at radius 3 is 2.18 bits per heavy atom. The van der Waals surface area contributed by atoms with Gasteiger partial charge in [-0.3, -0.25) is 14.4 Å². The Labute approximate surface area is 311 Å². The molecule has 1 atom stereocenters. The normalized spacial score (nSPS) is 11.8. The molecule has 0 saturated heterocycles. The van der Waals surface area contributed by atoms with Gasteiger partial charge in [0.25, 0.3) is 11.8 Å². The molecule has 1 aromatic heterocycles. The van der Waals surface area contributed by atoms with E-state index in [0.29, 0.717) is 32.7 Å². The number of hydrogen-bond acceptors (Lipinski definition) is 6. The number of thioether (sulfide) groups is 1. The zero-order valence-electron chi connectivity index (χ0n) is 26.5. The maximum Gasteiger partial charge on any atom is 0.272 e. The molecule has 12 heteroatoms. The van der Waals surface area contributed by atoms with E-state index in [-0.39, 0.29) is 22.4 Å². The van der Waals surface area contributed by atoms with E-state index in [1.165, 1.54) is 41.3 Å². The summed E-state index contributed by atoms with van der Waals surface area (Å²) in [6.45, 7) is 0. The molecule has 0 saturated carbocycles. The molecule has 0 aliphatic heterocycles. The molecule has 0 fully saturated rings. The minimum absolute atomic E-state index is 0.0444. The van der Waals surface area contributed by atoms with Gasteiger partial charge in [0.2, 0.25) is 5.91 Å². The Bertz CT molecular complexity index is 2200.